The molecule has 2 N–H and O–H groups in total. The van der Waals surface area contributed by atoms with Crippen LogP contribution < -0.4 is 5.32 Å². The second kappa shape index (κ2) is 5.82. The van der Waals surface area contributed by atoms with E-state index in [2.05, 4.69) is 39.3 Å². The highest BCUT2D eigenvalue weighted by Gasteiger charge is 2.13. The summed E-state index contributed by atoms with van der Waals surface area (Å²) in [5.41, 5.74) is 2.05. The first-order valence-electron chi connectivity index (χ1n) is 5.97. The standard InChI is InChI=1S/C12H16ClN5/c1-3-4-10-11(13)14-7-15-12(10)18-8(2)9-5-16-17-6-9/h5-8H,3-4H2,1-2H3,(H,16,17)(H,14,15,18). The van der Waals surface area contributed by atoms with E-state index in [4.69, 9.17) is 11.6 Å². The largest absolute Gasteiger partial charge is 0.363 e. The van der Waals surface area contributed by atoms with Crippen molar-refractivity contribution in [1.82, 2.24) is 20.2 Å². The Balaban J connectivity index is 2.20. The molecular weight excluding hydrogens is 250 g/mol. The number of nitrogens with one attached hydrogen (secondary N) is 2. The van der Waals surface area contributed by atoms with Gasteiger partial charge in [0, 0.05) is 17.3 Å². The summed E-state index contributed by atoms with van der Waals surface area (Å²) in [6.07, 6.45) is 6.99. The molecule has 0 spiro atoms. The number of hydrogen-bond donors (Lipinski definition) is 2. The molecule has 2 aromatic heterocycles. The number of nitrogens with zero attached hydrogens (tertiary/aromatic N) is 3. The normalized spacial score (nSPS) is 12.4. The maximum Gasteiger partial charge on any atom is 0.137 e. The molecule has 0 radical (unpaired) electrons. The lowest BCUT2D eigenvalue weighted by atomic mass is 10.1. The monoisotopic (exact) mass is 265 g/mol. The lowest BCUT2D eigenvalue weighted by Gasteiger charge is -2.16. The summed E-state index contributed by atoms with van der Waals surface area (Å²) < 4.78 is 0. The zero-order chi connectivity index (χ0) is 13.0. The van der Waals surface area contributed by atoms with Crippen LogP contribution in [0.5, 0.6) is 0 Å². The van der Waals surface area contributed by atoms with Crippen LogP contribution in [0.3, 0.4) is 0 Å². The van der Waals surface area contributed by atoms with Gasteiger partial charge in [-0.2, -0.15) is 5.10 Å². The summed E-state index contributed by atoms with van der Waals surface area (Å²) in [4.78, 5) is 8.29. The van der Waals surface area contributed by atoms with Crippen LogP contribution in [-0.4, -0.2) is 20.2 Å². The van der Waals surface area contributed by atoms with E-state index in [1.807, 2.05) is 6.20 Å². The fraction of sp³-hybridized carbons (Fsp3) is 0.417. The number of rotatable bonds is 5. The first kappa shape index (κ1) is 12.8. The molecule has 0 aliphatic rings. The molecule has 0 amide bonds. The Bertz CT molecular complexity index is 497. The first-order chi connectivity index (χ1) is 8.72. The average molecular weight is 266 g/mol. The SMILES string of the molecule is CCCc1c(Cl)ncnc1NC(C)c1cn[nH]c1. The highest BCUT2D eigenvalue weighted by atomic mass is 35.5. The minimum absolute atomic E-state index is 0.116. The van der Waals surface area contributed by atoms with E-state index in [9.17, 15) is 0 Å². The van der Waals surface area contributed by atoms with Crippen molar-refractivity contribution in [3.63, 3.8) is 0 Å². The Hall–Kier alpha value is -1.62. The van der Waals surface area contributed by atoms with Gasteiger partial charge < -0.3 is 5.32 Å². The summed E-state index contributed by atoms with van der Waals surface area (Å²) >= 11 is 6.11. The molecule has 0 bridgehead atoms. The van der Waals surface area contributed by atoms with Crippen molar-refractivity contribution in [1.29, 1.82) is 0 Å². The van der Waals surface area contributed by atoms with E-state index in [0.29, 0.717) is 5.15 Å². The molecule has 2 heterocycles. The third-order valence-corrected chi connectivity index (χ3v) is 3.09. The molecule has 0 aromatic carbocycles. The van der Waals surface area contributed by atoms with Crippen molar-refractivity contribution in [2.24, 2.45) is 0 Å². The summed E-state index contributed by atoms with van der Waals surface area (Å²) in [5, 5.41) is 10.6. The van der Waals surface area contributed by atoms with Crippen LogP contribution in [-0.2, 0) is 6.42 Å². The van der Waals surface area contributed by atoms with E-state index in [1.165, 1.54) is 6.33 Å². The molecule has 0 saturated carbocycles. The summed E-state index contributed by atoms with van der Waals surface area (Å²) in [5.74, 6) is 0.797. The number of hydrogen-bond acceptors (Lipinski definition) is 4. The number of halogens is 1. The van der Waals surface area contributed by atoms with Crippen molar-refractivity contribution in [3.8, 4) is 0 Å². The summed E-state index contributed by atoms with van der Waals surface area (Å²) in [6, 6.07) is 0.116. The zero-order valence-corrected chi connectivity index (χ0v) is 11.2. The Kier molecular flexibility index (Phi) is 4.15. The Morgan fingerprint density at radius 1 is 1.44 bits per heavy atom. The number of aromatic amines is 1. The molecule has 0 saturated heterocycles. The maximum absolute atomic E-state index is 6.11. The van der Waals surface area contributed by atoms with E-state index in [1.54, 1.807) is 6.20 Å². The minimum Gasteiger partial charge on any atom is -0.363 e. The van der Waals surface area contributed by atoms with Crippen LogP contribution in [0.1, 0.15) is 37.4 Å². The van der Waals surface area contributed by atoms with Gasteiger partial charge in [-0.15, -0.1) is 0 Å². The van der Waals surface area contributed by atoms with Crippen LogP contribution in [0.15, 0.2) is 18.7 Å². The Labute approximate surface area is 111 Å². The van der Waals surface area contributed by atoms with Gasteiger partial charge >= 0.3 is 0 Å². The zero-order valence-electron chi connectivity index (χ0n) is 10.4. The number of anilines is 1. The highest BCUT2D eigenvalue weighted by molar-refractivity contribution is 6.30. The van der Waals surface area contributed by atoms with Gasteiger partial charge in [-0.25, -0.2) is 9.97 Å². The molecule has 1 atom stereocenters. The van der Waals surface area contributed by atoms with Crippen molar-refractivity contribution < 1.29 is 0 Å². The van der Waals surface area contributed by atoms with Crippen molar-refractivity contribution in [3.05, 3.63) is 35.0 Å². The Morgan fingerprint density at radius 3 is 2.94 bits per heavy atom. The van der Waals surface area contributed by atoms with Gasteiger partial charge in [0.25, 0.3) is 0 Å². The van der Waals surface area contributed by atoms with Gasteiger partial charge in [0.05, 0.1) is 12.2 Å². The molecule has 96 valence electrons. The average Bonchev–Trinajstić information content (AvgIpc) is 2.87. The van der Waals surface area contributed by atoms with Crippen LogP contribution in [0.2, 0.25) is 5.15 Å². The van der Waals surface area contributed by atoms with E-state index in [0.717, 1.165) is 29.8 Å². The molecular formula is C12H16ClN5. The fourth-order valence-electron chi connectivity index (χ4n) is 1.77. The van der Waals surface area contributed by atoms with Crippen molar-refractivity contribution >= 4 is 17.4 Å². The van der Waals surface area contributed by atoms with Gasteiger partial charge in [-0.3, -0.25) is 5.10 Å². The van der Waals surface area contributed by atoms with E-state index < -0.39 is 0 Å². The molecule has 18 heavy (non-hydrogen) atoms. The topological polar surface area (TPSA) is 66.5 Å². The quantitative estimate of drug-likeness (QED) is 0.816. The molecule has 2 rings (SSSR count). The Morgan fingerprint density at radius 2 is 2.28 bits per heavy atom. The second-order valence-electron chi connectivity index (χ2n) is 4.14. The lowest BCUT2D eigenvalue weighted by molar-refractivity contribution is 0.847. The van der Waals surface area contributed by atoms with Gasteiger partial charge in [-0.05, 0) is 13.3 Å². The molecule has 2 aromatic rings. The third-order valence-electron chi connectivity index (χ3n) is 2.77. The van der Waals surface area contributed by atoms with Gasteiger partial charge in [0.15, 0.2) is 0 Å². The van der Waals surface area contributed by atoms with E-state index >= 15 is 0 Å². The van der Waals surface area contributed by atoms with Crippen molar-refractivity contribution in [2.45, 2.75) is 32.7 Å². The molecule has 0 fully saturated rings. The lowest BCUT2D eigenvalue weighted by Crippen LogP contribution is -2.10. The number of H-pyrrole nitrogens is 1. The molecule has 1 unspecified atom stereocenters. The van der Waals surface area contributed by atoms with Crippen LogP contribution in [0.25, 0.3) is 0 Å². The molecule has 0 aliphatic heterocycles. The van der Waals surface area contributed by atoms with Gasteiger partial charge in [0.2, 0.25) is 0 Å². The predicted molar refractivity (Wildman–Crippen MR) is 71.7 cm³/mol. The smallest absolute Gasteiger partial charge is 0.137 e. The molecule has 6 heteroatoms. The molecule has 5 nitrogen and oxygen atoms in total. The summed E-state index contributed by atoms with van der Waals surface area (Å²) in [7, 11) is 0. The van der Waals surface area contributed by atoms with Gasteiger partial charge in [0.1, 0.15) is 17.3 Å². The molecule has 0 aliphatic carbocycles. The maximum atomic E-state index is 6.11. The highest BCUT2D eigenvalue weighted by Crippen LogP contribution is 2.25. The minimum atomic E-state index is 0.116. The fourth-order valence-corrected chi connectivity index (χ4v) is 2.00. The van der Waals surface area contributed by atoms with Crippen LogP contribution in [0, 0.1) is 0 Å². The third kappa shape index (κ3) is 2.79. The number of aromatic nitrogens is 4. The van der Waals surface area contributed by atoms with Gasteiger partial charge in [-0.1, -0.05) is 24.9 Å². The van der Waals surface area contributed by atoms with Crippen molar-refractivity contribution in [2.75, 3.05) is 5.32 Å². The first-order valence-corrected chi connectivity index (χ1v) is 6.34. The predicted octanol–water partition coefficient (Wildman–Crippen LogP) is 2.98. The van der Waals surface area contributed by atoms with E-state index in [-0.39, 0.29) is 6.04 Å². The second-order valence-corrected chi connectivity index (χ2v) is 4.50. The summed E-state index contributed by atoms with van der Waals surface area (Å²) in [6.45, 7) is 4.16. The van der Waals surface area contributed by atoms with Crippen LogP contribution in [0.4, 0.5) is 5.82 Å². The van der Waals surface area contributed by atoms with Crippen LogP contribution >= 0.6 is 11.6 Å².